The van der Waals surface area contributed by atoms with Crippen molar-refractivity contribution in [2.75, 3.05) is 12.4 Å². The van der Waals surface area contributed by atoms with Gasteiger partial charge in [0.05, 0.1) is 19.6 Å². The summed E-state index contributed by atoms with van der Waals surface area (Å²) in [6.07, 6.45) is -0.549. The number of rotatable bonds is 7. The molecule has 1 aromatic heterocycles. The van der Waals surface area contributed by atoms with Crippen LogP contribution in [0.4, 0.5) is 14.9 Å². The van der Waals surface area contributed by atoms with Crippen molar-refractivity contribution in [1.82, 2.24) is 9.88 Å². The molecule has 0 aliphatic heterocycles. The molecule has 0 aliphatic rings. The average molecular weight is 493 g/mol. The molecule has 35 heavy (non-hydrogen) atoms. The van der Waals surface area contributed by atoms with E-state index in [0.717, 1.165) is 6.07 Å². The Labute approximate surface area is 222 Å². The van der Waals surface area contributed by atoms with Gasteiger partial charge in [-0.05, 0) is 53.9 Å². The van der Waals surface area contributed by atoms with Gasteiger partial charge in [-0.15, -0.1) is 0 Å². The number of carbonyl (C=O) groups excluding carboxylic acids is 1. The number of nitrogens with one attached hydrogen (secondary N) is 2. The molecule has 1 atom stereocenters. The minimum atomic E-state index is -1.23. The van der Waals surface area contributed by atoms with Crippen LogP contribution in [0.1, 0.15) is 23.7 Å². The molecular weight excluding hydrogens is 468 g/mol. The molecule has 0 spiro atoms. The van der Waals surface area contributed by atoms with E-state index >= 15 is 0 Å². The summed E-state index contributed by atoms with van der Waals surface area (Å²) < 4.78 is 20.9. The van der Waals surface area contributed by atoms with E-state index in [9.17, 15) is 29.0 Å². The summed E-state index contributed by atoms with van der Waals surface area (Å²) in [5.74, 6) is -1.73. The summed E-state index contributed by atoms with van der Waals surface area (Å²) in [5.41, 5.74) is 0.756. The predicted molar refractivity (Wildman–Crippen MR) is 131 cm³/mol. The second-order valence-corrected chi connectivity index (χ2v) is 7.66. The molecule has 1 unspecified atom stereocenters. The van der Waals surface area contributed by atoms with Crippen LogP contribution in [0, 0.1) is 12.7 Å². The van der Waals surface area contributed by atoms with Gasteiger partial charge in [0, 0.05) is 18.8 Å². The van der Waals surface area contributed by atoms with Crippen LogP contribution in [0.5, 0.6) is 11.5 Å². The summed E-state index contributed by atoms with van der Waals surface area (Å²) in [6.45, 7) is 1.61. The monoisotopic (exact) mass is 493 g/mol. The molecular formula is C24H25FN3NaO6. The Morgan fingerprint density at radius 2 is 1.86 bits per heavy atom. The number of halogens is 1. The van der Waals surface area contributed by atoms with Crippen LogP contribution in [0.3, 0.4) is 0 Å². The van der Waals surface area contributed by atoms with E-state index in [1.807, 2.05) is 0 Å². The number of carboxylic acids is 1. The van der Waals surface area contributed by atoms with E-state index < -0.39 is 41.6 Å². The third-order valence-electron chi connectivity index (χ3n) is 5.30. The number of ether oxygens (including phenoxy) is 1. The number of aromatic nitrogens is 1. The molecule has 2 amide bonds. The molecule has 9 nitrogen and oxygen atoms in total. The number of hydrogen-bond acceptors (Lipinski definition) is 5. The Hall–Kier alpha value is -3.34. The van der Waals surface area contributed by atoms with Gasteiger partial charge < -0.3 is 30.2 Å². The Morgan fingerprint density at radius 1 is 1.14 bits per heavy atom. The standard InChI is InChI=1S/C24H24FN3O6.Na.H/c1-13-7-20(29)22(23(32)28(13)2)27-24(33)26-19(12-21(30)31)16-8-15(9-17(25)10-16)14-5-4-6-18(11-14)34-3;;/h4-11,19,29H,12H2,1-3H3,(H,30,31)(H2,26,27,33);;. The molecule has 0 radical (unpaired) electrons. The van der Waals surface area contributed by atoms with Crippen molar-refractivity contribution in [2.45, 2.75) is 19.4 Å². The van der Waals surface area contributed by atoms with Crippen molar-refractivity contribution in [3.05, 3.63) is 76.0 Å². The molecule has 0 fully saturated rings. The number of hydrogen-bond donors (Lipinski definition) is 4. The number of aromatic hydroxyl groups is 1. The van der Waals surface area contributed by atoms with Gasteiger partial charge in [-0.3, -0.25) is 9.59 Å². The van der Waals surface area contributed by atoms with E-state index in [0.29, 0.717) is 22.6 Å². The Bertz CT molecular complexity index is 1310. The summed E-state index contributed by atoms with van der Waals surface area (Å²) in [6, 6.07) is 10.1. The molecule has 0 aliphatic carbocycles. The third kappa shape index (κ3) is 6.84. The van der Waals surface area contributed by atoms with E-state index in [1.165, 1.54) is 30.9 Å². The summed E-state index contributed by atoms with van der Waals surface area (Å²) in [4.78, 5) is 36.5. The fourth-order valence-electron chi connectivity index (χ4n) is 3.44. The SMILES string of the molecule is COc1cccc(-c2cc(F)cc(C(CC(=O)O)NC(=O)Nc3c(O)cc(C)n(C)c3=O)c2)c1.[NaH]. The van der Waals surface area contributed by atoms with Crippen LogP contribution >= 0.6 is 0 Å². The second-order valence-electron chi connectivity index (χ2n) is 7.66. The maximum absolute atomic E-state index is 14.5. The molecule has 3 rings (SSSR count). The van der Waals surface area contributed by atoms with Crippen molar-refractivity contribution < 1.29 is 28.9 Å². The molecule has 180 valence electrons. The maximum atomic E-state index is 14.5. The Morgan fingerprint density at radius 3 is 2.51 bits per heavy atom. The fraction of sp³-hybridized carbons (Fsp3) is 0.208. The third-order valence-corrected chi connectivity index (χ3v) is 5.30. The number of urea groups is 1. The number of methoxy groups -OCH3 is 1. The van der Waals surface area contributed by atoms with Gasteiger partial charge in [-0.25, -0.2) is 9.18 Å². The predicted octanol–water partition coefficient (Wildman–Crippen LogP) is 2.90. The van der Waals surface area contributed by atoms with E-state index in [4.69, 9.17) is 4.74 Å². The van der Waals surface area contributed by atoms with Crippen molar-refractivity contribution in [3.63, 3.8) is 0 Å². The number of aryl methyl sites for hydroxylation is 1. The van der Waals surface area contributed by atoms with Crippen LogP contribution in [0.25, 0.3) is 11.1 Å². The van der Waals surface area contributed by atoms with E-state index in [-0.39, 0.29) is 40.8 Å². The Balaban J connectivity index is 0.00000432. The first-order chi connectivity index (χ1) is 16.1. The van der Waals surface area contributed by atoms with Crippen LogP contribution in [-0.2, 0) is 11.8 Å². The van der Waals surface area contributed by atoms with Gasteiger partial charge in [-0.2, -0.15) is 0 Å². The summed E-state index contributed by atoms with van der Waals surface area (Å²) in [7, 11) is 2.97. The zero-order valence-corrected chi connectivity index (χ0v) is 18.8. The number of nitrogens with zero attached hydrogens (tertiary/aromatic N) is 1. The number of amides is 2. The quantitative estimate of drug-likeness (QED) is 0.375. The summed E-state index contributed by atoms with van der Waals surface area (Å²) in [5, 5.41) is 24.1. The van der Waals surface area contributed by atoms with Crippen LogP contribution in [-0.4, -0.2) is 63.4 Å². The first-order valence-corrected chi connectivity index (χ1v) is 10.2. The second kappa shape index (κ2) is 11.9. The van der Waals surface area contributed by atoms with Gasteiger partial charge in [0.25, 0.3) is 5.56 Å². The zero-order chi connectivity index (χ0) is 25.0. The average Bonchev–Trinajstić information content (AvgIpc) is 2.79. The van der Waals surface area contributed by atoms with Gasteiger partial charge >= 0.3 is 41.6 Å². The normalized spacial score (nSPS) is 11.2. The molecule has 0 bridgehead atoms. The fourth-order valence-corrected chi connectivity index (χ4v) is 3.44. The first kappa shape index (κ1) is 27.9. The molecule has 4 N–H and O–H groups in total. The Kier molecular flexibility index (Phi) is 9.47. The van der Waals surface area contributed by atoms with Crippen molar-refractivity contribution >= 4 is 47.2 Å². The number of benzene rings is 2. The van der Waals surface area contributed by atoms with Gasteiger partial charge in [0.2, 0.25) is 0 Å². The molecule has 1 heterocycles. The summed E-state index contributed by atoms with van der Waals surface area (Å²) >= 11 is 0. The molecule has 3 aromatic rings. The van der Waals surface area contributed by atoms with Crippen molar-refractivity contribution in [3.8, 4) is 22.6 Å². The number of anilines is 1. The van der Waals surface area contributed by atoms with Crippen LogP contribution in [0.15, 0.2) is 53.3 Å². The van der Waals surface area contributed by atoms with E-state index in [1.54, 1.807) is 37.3 Å². The topological polar surface area (TPSA) is 130 Å². The molecule has 0 saturated heterocycles. The van der Waals surface area contributed by atoms with Crippen LogP contribution in [0.2, 0.25) is 0 Å². The van der Waals surface area contributed by atoms with Crippen molar-refractivity contribution in [1.29, 1.82) is 0 Å². The number of aliphatic carboxylic acids is 1. The number of carboxylic acid groups (broad SMARTS) is 1. The zero-order valence-electron chi connectivity index (χ0n) is 18.8. The van der Waals surface area contributed by atoms with Crippen molar-refractivity contribution in [2.24, 2.45) is 7.05 Å². The van der Waals surface area contributed by atoms with Crippen LogP contribution < -0.4 is 20.9 Å². The molecule has 11 heteroatoms. The molecule has 2 aromatic carbocycles. The number of pyridine rings is 1. The van der Waals surface area contributed by atoms with Gasteiger partial charge in [0.1, 0.15) is 17.3 Å². The first-order valence-electron chi connectivity index (χ1n) is 10.2. The minimum absolute atomic E-state index is 0. The van der Waals surface area contributed by atoms with Gasteiger partial charge in [-0.1, -0.05) is 12.1 Å². The molecule has 0 saturated carbocycles. The van der Waals surface area contributed by atoms with Gasteiger partial charge in [0.15, 0.2) is 5.69 Å². The number of carbonyl (C=O) groups is 2. The van der Waals surface area contributed by atoms with E-state index in [2.05, 4.69) is 10.6 Å².